The molecule has 0 bridgehead atoms. The van der Waals surface area contributed by atoms with Crippen LogP contribution in [-0.2, 0) is 4.79 Å². The number of carbonyl (C=O) groups is 2. The molecule has 1 aliphatic carbocycles. The standard InChI is InChI=1S/C13H21N3O3/c1-13(2,3)10(11(17)18)15-12(19)16(8-4-7-14)9-5-6-9/h9-10H,4-6,8H2,1-3H3,(H,15,19)(H,17,18). The van der Waals surface area contributed by atoms with Crippen LogP contribution in [0.3, 0.4) is 0 Å². The van der Waals surface area contributed by atoms with E-state index < -0.39 is 17.4 Å². The smallest absolute Gasteiger partial charge is 0.326 e. The Bertz CT molecular complexity index is 391. The van der Waals surface area contributed by atoms with Gasteiger partial charge in [0.15, 0.2) is 0 Å². The highest BCUT2D eigenvalue weighted by Crippen LogP contribution is 2.27. The van der Waals surface area contributed by atoms with E-state index in [9.17, 15) is 14.7 Å². The van der Waals surface area contributed by atoms with Gasteiger partial charge in [0.2, 0.25) is 0 Å². The molecule has 106 valence electrons. The summed E-state index contributed by atoms with van der Waals surface area (Å²) in [6, 6.07) is 0.829. The van der Waals surface area contributed by atoms with Gasteiger partial charge in [0, 0.05) is 12.6 Å². The Balaban J connectivity index is 2.69. The van der Waals surface area contributed by atoms with Crippen LogP contribution in [0.2, 0.25) is 0 Å². The molecule has 0 heterocycles. The molecule has 2 N–H and O–H groups in total. The van der Waals surface area contributed by atoms with Crippen molar-refractivity contribution < 1.29 is 14.7 Å². The Kier molecular flexibility index (Phi) is 4.76. The van der Waals surface area contributed by atoms with Crippen LogP contribution in [0, 0.1) is 16.7 Å². The number of hydrogen-bond acceptors (Lipinski definition) is 3. The maximum Gasteiger partial charge on any atom is 0.326 e. The summed E-state index contributed by atoms with van der Waals surface area (Å²) in [5, 5.41) is 20.3. The lowest BCUT2D eigenvalue weighted by Gasteiger charge is -2.31. The van der Waals surface area contributed by atoms with Crippen LogP contribution in [0.1, 0.15) is 40.0 Å². The van der Waals surface area contributed by atoms with Crippen molar-refractivity contribution in [3.05, 3.63) is 0 Å². The zero-order valence-electron chi connectivity index (χ0n) is 11.6. The van der Waals surface area contributed by atoms with Crippen LogP contribution >= 0.6 is 0 Å². The van der Waals surface area contributed by atoms with Gasteiger partial charge in [-0.3, -0.25) is 0 Å². The van der Waals surface area contributed by atoms with E-state index in [1.165, 1.54) is 0 Å². The molecule has 0 radical (unpaired) electrons. The number of amides is 2. The fourth-order valence-electron chi connectivity index (χ4n) is 1.86. The Labute approximate surface area is 113 Å². The first-order valence-corrected chi connectivity index (χ1v) is 6.44. The van der Waals surface area contributed by atoms with Gasteiger partial charge in [-0.05, 0) is 18.3 Å². The molecule has 19 heavy (non-hydrogen) atoms. The first kappa shape index (κ1) is 15.3. The molecular formula is C13H21N3O3. The second-order valence-corrected chi connectivity index (χ2v) is 5.92. The molecule has 1 atom stereocenters. The van der Waals surface area contributed by atoms with Crippen molar-refractivity contribution in [2.24, 2.45) is 5.41 Å². The molecule has 0 spiro atoms. The highest BCUT2D eigenvalue weighted by Gasteiger charge is 2.37. The molecule has 1 saturated carbocycles. The number of nitrogens with zero attached hydrogens (tertiary/aromatic N) is 2. The molecule has 6 heteroatoms. The number of aliphatic carboxylic acids is 1. The maximum atomic E-state index is 12.1. The summed E-state index contributed by atoms with van der Waals surface area (Å²) in [5.41, 5.74) is -0.564. The fourth-order valence-corrected chi connectivity index (χ4v) is 1.86. The third-order valence-electron chi connectivity index (χ3n) is 3.09. The highest BCUT2D eigenvalue weighted by molar-refractivity contribution is 5.83. The summed E-state index contributed by atoms with van der Waals surface area (Å²) in [7, 11) is 0. The van der Waals surface area contributed by atoms with E-state index in [2.05, 4.69) is 5.32 Å². The number of urea groups is 1. The Morgan fingerprint density at radius 1 is 1.47 bits per heavy atom. The molecule has 2 amide bonds. The zero-order valence-corrected chi connectivity index (χ0v) is 11.6. The lowest BCUT2D eigenvalue weighted by Crippen LogP contribution is -2.54. The van der Waals surface area contributed by atoms with E-state index in [4.69, 9.17) is 5.26 Å². The number of nitriles is 1. The summed E-state index contributed by atoms with van der Waals surface area (Å²) < 4.78 is 0. The van der Waals surface area contributed by atoms with Crippen LogP contribution in [0.5, 0.6) is 0 Å². The molecule has 6 nitrogen and oxygen atoms in total. The first-order chi connectivity index (χ1) is 8.77. The highest BCUT2D eigenvalue weighted by atomic mass is 16.4. The molecule has 0 aromatic heterocycles. The third kappa shape index (κ3) is 4.43. The Morgan fingerprint density at radius 2 is 2.05 bits per heavy atom. The van der Waals surface area contributed by atoms with Gasteiger partial charge in [-0.15, -0.1) is 0 Å². The van der Waals surface area contributed by atoms with Crippen LogP contribution in [0.15, 0.2) is 0 Å². The van der Waals surface area contributed by atoms with E-state index in [1.54, 1.807) is 25.7 Å². The topological polar surface area (TPSA) is 93.4 Å². The summed E-state index contributed by atoms with van der Waals surface area (Å²) in [4.78, 5) is 24.9. The molecule has 0 saturated heterocycles. The van der Waals surface area contributed by atoms with Crippen molar-refractivity contribution in [2.75, 3.05) is 6.54 Å². The van der Waals surface area contributed by atoms with E-state index in [1.807, 2.05) is 6.07 Å². The number of carboxylic acids is 1. The first-order valence-electron chi connectivity index (χ1n) is 6.44. The summed E-state index contributed by atoms with van der Waals surface area (Å²) >= 11 is 0. The van der Waals surface area contributed by atoms with E-state index in [-0.39, 0.29) is 18.5 Å². The number of rotatable bonds is 5. The van der Waals surface area contributed by atoms with Gasteiger partial charge in [-0.25, -0.2) is 9.59 Å². The minimum atomic E-state index is -1.04. The SMILES string of the molecule is CC(C)(C)C(NC(=O)N(CCC#N)C1CC1)C(=O)O. The van der Waals surface area contributed by atoms with E-state index in [0.717, 1.165) is 12.8 Å². The molecule has 0 aromatic carbocycles. The molecule has 1 rings (SSSR count). The van der Waals surface area contributed by atoms with Gasteiger partial charge in [0.1, 0.15) is 6.04 Å². The summed E-state index contributed by atoms with van der Waals surface area (Å²) in [6.45, 7) is 5.65. The van der Waals surface area contributed by atoms with Gasteiger partial charge in [-0.2, -0.15) is 5.26 Å². The number of hydrogen-bond donors (Lipinski definition) is 2. The predicted octanol–water partition coefficient (Wildman–Crippen LogP) is 1.57. The maximum absolute atomic E-state index is 12.1. The number of carbonyl (C=O) groups excluding carboxylic acids is 1. The lowest BCUT2D eigenvalue weighted by molar-refractivity contribution is -0.142. The lowest BCUT2D eigenvalue weighted by atomic mass is 9.87. The molecule has 1 fully saturated rings. The largest absolute Gasteiger partial charge is 0.480 e. The second-order valence-electron chi connectivity index (χ2n) is 5.92. The minimum Gasteiger partial charge on any atom is -0.480 e. The molecule has 1 aliphatic rings. The molecular weight excluding hydrogens is 246 g/mol. The normalized spacial score (nSPS) is 16.3. The van der Waals surface area contributed by atoms with Crippen LogP contribution in [0.4, 0.5) is 4.79 Å². The van der Waals surface area contributed by atoms with Gasteiger partial charge in [-0.1, -0.05) is 20.8 Å². The Hall–Kier alpha value is -1.77. The van der Waals surface area contributed by atoms with E-state index >= 15 is 0 Å². The molecule has 1 unspecified atom stereocenters. The van der Waals surface area contributed by atoms with Crippen molar-refractivity contribution in [1.29, 1.82) is 5.26 Å². The minimum absolute atomic E-state index is 0.155. The van der Waals surface area contributed by atoms with Crippen LogP contribution < -0.4 is 5.32 Å². The van der Waals surface area contributed by atoms with Crippen molar-refractivity contribution >= 4 is 12.0 Å². The average Bonchev–Trinajstić information content (AvgIpc) is 3.08. The van der Waals surface area contributed by atoms with Crippen molar-refractivity contribution in [1.82, 2.24) is 10.2 Å². The second kappa shape index (κ2) is 5.91. The number of carboxylic acid groups (broad SMARTS) is 1. The van der Waals surface area contributed by atoms with Crippen molar-refractivity contribution in [2.45, 2.75) is 52.1 Å². The Morgan fingerprint density at radius 3 is 2.42 bits per heavy atom. The molecule has 0 aliphatic heterocycles. The zero-order chi connectivity index (χ0) is 14.6. The quantitative estimate of drug-likeness (QED) is 0.790. The van der Waals surface area contributed by atoms with Gasteiger partial charge in [0.25, 0.3) is 0 Å². The summed E-state index contributed by atoms with van der Waals surface area (Å²) in [5.74, 6) is -1.04. The van der Waals surface area contributed by atoms with Crippen LogP contribution in [-0.4, -0.2) is 40.6 Å². The van der Waals surface area contributed by atoms with Crippen LogP contribution in [0.25, 0.3) is 0 Å². The number of nitrogens with one attached hydrogen (secondary N) is 1. The predicted molar refractivity (Wildman–Crippen MR) is 69.4 cm³/mol. The van der Waals surface area contributed by atoms with E-state index in [0.29, 0.717) is 6.54 Å². The van der Waals surface area contributed by atoms with Gasteiger partial charge >= 0.3 is 12.0 Å². The molecule has 0 aromatic rings. The monoisotopic (exact) mass is 267 g/mol. The third-order valence-corrected chi connectivity index (χ3v) is 3.09. The fraction of sp³-hybridized carbons (Fsp3) is 0.769. The van der Waals surface area contributed by atoms with Crippen molar-refractivity contribution in [3.8, 4) is 6.07 Å². The average molecular weight is 267 g/mol. The van der Waals surface area contributed by atoms with Crippen molar-refractivity contribution in [3.63, 3.8) is 0 Å². The van der Waals surface area contributed by atoms with Gasteiger partial charge in [0.05, 0.1) is 12.5 Å². The van der Waals surface area contributed by atoms with Gasteiger partial charge < -0.3 is 15.3 Å². The summed E-state index contributed by atoms with van der Waals surface area (Å²) in [6.07, 6.45) is 2.11.